The molecule has 0 bridgehead atoms. The Morgan fingerprint density at radius 1 is 1.35 bits per heavy atom. The van der Waals surface area contributed by atoms with Crippen LogP contribution in [0.3, 0.4) is 0 Å². The first-order chi connectivity index (χ1) is 9.47. The first-order valence-corrected chi connectivity index (χ1v) is 7.15. The summed E-state index contributed by atoms with van der Waals surface area (Å²) in [5.41, 5.74) is 1.08. The van der Waals surface area contributed by atoms with Gasteiger partial charge in [0.25, 0.3) is 0 Å². The van der Waals surface area contributed by atoms with Gasteiger partial charge < -0.3 is 10.1 Å². The van der Waals surface area contributed by atoms with E-state index >= 15 is 0 Å². The fourth-order valence-electron chi connectivity index (χ4n) is 2.12. The van der Waals surface area contributed by atoms with Gasteiger partial charge in [-0.3, -0.25) is 10.1 Å². The van der Waals surface area contributed by atoms with Crippen LogP contribution in [0.2, 0.25) is 0 Å². The van der Waals surface area contributed by atoms with Crippen LogP contribution in [0.15, 0.2) is 18.2 Å². The third-order valence-electron chi connectivity index (χ3n) is 3.05. The van der Waals surface area contributed by atoms with Gasteiger partial charge in [0.2, 0.25) is 0 Å². The van der Waals surface area contributed by atoms with Crippen molar-refractivity contribution in [2.45, 2.75) is 52.7 Å². The van der Waals surface area contributed by atoms with Gasteiger partial charge in [0.1, 0.15) is 0 Å². The molecule has 1 N–H and O–H groups in total. The van der Waals surface area contributed by atoms with Gasteiger partial charge in [-0.05, 0) is 44.9 Å². The second-order valence-electron chi connectivity index (χ2n) is 5.09. The van der Waals surface area contributed by atoms with Gasteiger partial charge in [-0.15, -0.1) is 0 Å². The highest BCUT2D eigenvalue weighted by Gasteiger charge is 2.17. The van der Waals surface area contributed by atoms with Crippen LogP contribution in [-0.4, -0.2) is 23.6 Å². The standard InChI is InChI=1S/C15H24N2O3/c1-5-13(16-6-2)9-12-7-8-14(17(18)19)15(10-12)20-11(3)4/h7-8,10-11,13,16H,5-6,9H2,1-4H3. The van der Waals surface area contributed by atoms with Crippen LogP contribution >= 0.6 is 0 Å². The lowest BCUT2D eigenvalue weighted by atomic mass is 10.0. The summed E-state index contributed by atoms with van der Waals surface area (Å²) in [5, 5.41) is 14.4. The van der Waals surface area contributed by atoms with Crippen molar-refractivity contribution in [3.63, 3.8) is 0 Å². The number of nitrogens with one attached hydrogen (secondary N) is 1. The van der Waals surface area contributed by atoms with Gasteiger partial charge in [-0.2, -0.15) is 0 Å². The Balaban J connectivity index is 2.96. The van der Waals surface area contributed by atoms with E-state index in [1.165, 1.54) is 6.07 Å². The van der Waals surface area contributed by atoms with E-state index < -0.39 is 4.92 Å². The number of hydrogen-bond acceptors (Lipinski definition) is 4. The van der Waals surface area contributed by atoms with Crippen LogP contribution in [0.5, 0.6) is 5.75 Å². The van der Waals surface area contributed by atoms with Crippen molar-refractivity contribution >= 4 is 5.69 Å². The molecule has 0 amide bonds. The zero-order valence-corrected chi connectivity index (χ0v) is 12.7. The van der Waals surface area contributed by atoms with Crippen molar-refractivity contribution in [3.8, 4) is 5.75 Å². The van der Waals surface area contributed by atoms with Crippen LogP contribution in [0.4, 0.5) is 5.69 Å². The molecular formula is C15H24N2O3. The average molecular weight is 280 g/mol. The van der Waals surface area contributed by atoms with Gasteiger partial charge in [-0.1, -0.05) is 19.9 Å². The van der Waals surface area contributed by atoms with E-state index in [1.54, 1.807) is 6.07 Å². The maximum atomic E-state index is 11.0. The Hall–Kier alpha value is -1.62. The molecule has 0 spiro atoms. The second-order valence-corrected chi connectivity index (χ2v) is 5.09. The summed E-state index contributed by atoms with van der Waals surface area (Å²) < 4.78 is 5.56. The molecule has 0 fully saturated rings. The molecule has 5 heteroatoms. The van der Waals surface area contributed by atoms with Crippen LogP contribution in [0, 0.1) is 10.1 Å². The second kappa shape index (κ2) is 7.85. The zero-order chi connectivity index (χ0) is 15.1. The Bertz CT molecular complexity index is 447. The Labute approximate surface area is 120 Å². The lowest BCUT2D eigenvalue weighted by molar-refractivity contribution is -0.386. The van der Waals surface area contributed by atoms with E-state index in [-0.39, 0.29) is 11.8 Å². The summed E-state index contributed by atoms with van der Waals surface area (Å²) in [6, 6.07) is 5.52. The van der Waals surface area contributed by atoms with Crippen LogP contribution in [0.1, 0.15) is 39.7 Å². The van der Waals surface area contributed by atoms with E-state index in [2.05, 4.69) is 19.2 Å². The fraction of sp³-hybridized carbons (Fsp3) is 0.600. The molecule has 0 aliphatic carbocycles. The molecule has 1 atom stereocenters. The third-order valence-corrected chi connectivity index (χ3v) is 3.05. The summed E-state index contributed by atoms with van der Waals surface area (Å²) in [7, 11) is 0. The zero-order valence-electron chi connectivity index (χ0n) is 12.7. The van der Waals surface area contributed by atoms with Gasteiger partial charge in [0.15, 0.2) is 5.75 Å². The molecule has 0 aromatic heterocycles. The summed E-state index contributed by atoms with van der Waals surface area (Å²) in [4.78, 5) is 10.6. The Morgan fingerprint density at radius 3 is 2.55 bits per heavy atom. The highest BCUT2D eigenvalue weighted by molar-refractivity contribution is 5.48. The minimum atomic E-state index is -0.400. The molecule has 0 aliphatic heterocycles. The van der Waals surface area contributed by atoms with Crippen molar-refractivity contribution in [1.82, 2.24) is 5.32 Å². The number of hydrogen-bond donors (Lipinski definition) is 1. The molecule has 112 valence electrons. The molecule has 0 heterocycles. The number of nitrogens with zero attached hydrogens (tertiary/aromatic N) is 1. The highest BCUT2D eigenvalue weighted by atomic mass is 16.6. The van der Waals surface area contributed by atoms with Gasteiger partial charge in [0, 0.05) is 12.1 Å². The van der Waals surface area contributed by atoms with Crippen molar-refractivity contribution in [1.29, 1.82) is 0 Å². The predicted octanol–water partition coefficient (Wildman–Crippen LogP) is 3.31. The van der Waals surface area contributed by atoms with E-state index in [0.717, 1.165) is 24.9 Å². The van der Waals surface area contributed by atoms with E-state index in [4.69, 9.17) is 4.74 Å². The Morgan fingerprint density at radius 2 is 2.05 bits per heavy atom. The largest absolute Gasteiger partial charge is 0.484 e. The van der Waals surface area contributed by atoms with Gasteiger partial charge >= 0.3 is 5.69 Å². The topological polar surface area (TPSA) is 64.4 Å². The molecule has 20 heavy (non-hydrogen) atoms. The van der Waals surface area contributed by atoms with Crippen LogP contribution < -0.4 is 10.1 Å². The minimum absolute atomic E-state index is 0.0268. The lowest BCUT2D eigenvalue weighted by Crippen LogP contribution is -2.30. The number of nitro benzene ring substituents is 1. The number of rotatable bonds is 8. The molecular weight excluding hydrogens is 256 g/mol. The molecule has 0 radical (unpaired) electrons. The SMILES string of the molecule is CCNC(CC)Cc1ccc([N+](=O)[O-])c(OC(C)C)c1. The summed E-state index contributed by atoms with van der Waals surface area (Å²) in [6.45, 7) is 8.85. The third kappa shape index (κ3) is 4.81. The normalized spacial score (nSPS) is 12.4. The highest BCUT2D eigenvalue weighted by Crippen LogP contribution is 2.29. The molecule has 0 saturated heterocycles. The minimum Gasteiger partial charge on any atom is -0.484 e. The van der Waals surface area contributed by atoms with Crippen LogP contribution in [0.25, 0.3) is 0 Å². The predicted molar refractivity (Wildman–Crippen MR) is 80.3 cm³/mol. The van der Waals surface area contributed by atoms with E-state index in [9.17, 15) is 10.1 Å². The molecule has 1 rings (SSSR count). The number of ether oxygens (including phenoxy) is 1. The average Bonchev–Trinajstić information content (AvgIpc) is 2.37. The number of likely N-dealkylation sites (N-methyl/N-ethyl adjacent to an activating group) is 1. The van der Waals surface area contributed by atoms with Crippen molar-refractivity contribution in [2.24, 2.45) is 0 Å². The van der Waals surface area contributed by atoms with E-state index in [0.29, 0.717) is 11.8 Å². The summed E-state index contributed by atoms with van der Waals surface area (Å²) in [6.07, 6.45) is 1.78. The molecule has 5 nitrogen and oxygen atoms in total. The number of nitro groups is 1. The smallest absolute Gasteiger partial charge is 0.310 e. The molecule has 1 aromatic carbocycles. The molecule has 1 unspecified atom stereocenters. The fourth-order valence-corrected chi connectivity index (χ4v) is 2.12. The molecule has 0 saturated carbocycles. The van der Waals surface area contributed by atoms with Gasteiger partial charge in [-0.25, -0.2) is 0 Å². The van der Waals surface area contributed by atoms with Crippen molar-refractivity contribution < 1.29 is 9.66 Å². The molecule has 1 aromatic rings. The van der Waals surface area contributed by atoms with Crippen molar-refractivity contribution in [3.05, 3.63) is 33.9 Å². The summed E-state index contributed by atoms with van der Waals surface area (Å²) >= 11 is 0. The maximum absolute atomic E-state index is 11.0. The van der Waals surface area contributed by atoms with Crippen LogP contribution in [-0.2, 0) is 6.42 Å². The monoisotopic (exact) mass is 280 g/mol. The van der Waals surface area contributed by atoms with Gasteiger partial charge in [0.05, 0.1) is 11.0 Å². The Kier molecular flexibility index (Phi) is 6.45. The first kappa shape index (κ1) is 16.4. The quantitative estimate of drug-likeness (QED) is 0.586. The maximum Gasteiger partial charge on any atom is 0.310 e. The lowest BCUT2D eigenvalue weighted by Gasteiger charge is -2.17. The number of benzene rings is 1. The first-order valence-electron chi connectivity index (χ1n) is 7.15. The summed E-state index contributed by atoms with van der Waals surface area (Å²) in [5.74, 6) is 0.355. The molecule has 0 aliphatic rings. The van der Waals surface area contributed by atoms with E-state index in [1.807, 2.05) is 19.9 Å². The van der Waals surface area contributed by atoms with Crippen molar-refractivity contribution in [2.75, 3.05) is 6.54 Å².